The van der Waals surface area contributed by atoms with Crippen molar-refractivity contribution in [3.63, 3.8) is 0 Å². The van der Waals surface area contributed by atoms with E-state index >= 15 is 0 Å². The van der Waals surface area contributed by atoms with Crippen LogP contribution in [0.4, 0.5) is 0 Å². The average molecular weight is 430 g/mol. The molecule has 0 unspecified atom stereocenters. The number of carbonyl (C=O) groups is 1. The number of nitrogens with zero attached hydrogens (tertiary/aromatic N) is 3. The lowest BCUT2D eigenvalue weighted by Crippen LogP contribution is -2.07. The highest BCUT2D eigenvalue weighted by Gasteiger charge is 2.17. The highest BCUT2D eigenvalue weighted by molar-refractivity contribution is 7.99. The molecule has 0 fully saturated rings. The molecule has 0 amide bonds. The van der Waals surface area contributed by atoms with Gasteiger partial charge in [-0.2, -0.15) is 0 Å². The number of Topliss-reactive ketones (excluding diaryl/α,β-unsaturated/α-hetero) is 1. The molecule has 0 bridgehead atoms. The Morgan fingerprint density at radius 2 is 1.74 bits per heavy atom. The lowest BCUT2D eigenvalue weighted by molar-refractivity contribution is 0.102. The second-order valence-electron chi connectivity index (χ2n) is 7.19. The second-order valence-corrected chi connectivity index (χ2v) is 8.13. The van der Waals surface area contributed by atoms with Gasteiger partial charge in [-0.25, -0.2) is 0 Å². The second kappa shape index (κ2) is 9.62. The van der Waals surface area contributed by atoms with E-state index in [0.717, 1.165) is 33.4 Å². The normalized spacial score (nSPS) is 10.8. The van der Waals surface area contributed by atoms with Crippen molar-refractivity contribution in [2.75, 3.05) is 12.9 Å². The Balaban J connectivity index is 1.59. The topological polar surface area (TPSA) is 57.0 Å². The van der Waals surface area contributed by atoms with E-state index in [4.69, 9.17) is 4.74 Å². The summed E-state index contributed by atoms with van der Waals surface area (Å²) in [4.78, 5) is 12.7. The predicted molar refractivity (Wildman–Crippen MR) is 124 cm³/mol. The fourth-order valence-electron chi connectivity index (χ4n) is 3.29. The van der Waals surface area contributed by atoms with E-state index in [0.29, 0.717) is 12.1 Å². The quantitative estimate of drug-likeness (QED) is 0.282. The number of ether oxygens (including phenoxy) is 1. The van der Waals surface area contributed by atoms with Crippen molar-refractivity contribution in [3.05, 3.63) is 95.6 Å². The molecule has 0 aliphatic carbocycles. The zero-order chi connectivity index (χ0) is 21.6. The summed E-state index contributed by atoms with van der Waals surface area (Å²) in [7, 11) is 1.61. The largest absolute Gasteiger partial charge is 0.497 e. The SMILES string of the molecule is COc1ccc(C(=O)CSc2nnc(-c3cccc(C)c3)n2Cc2ccccc2)cc1. The van der Waals surface area contributed by atoms with Gasteiger partial charge in [-0.3, -0.25) is 9.36 Å². The fourth-order valence-corrected chi connectivity index (χ4v) is 4.12. The summed E-state index contributed by atoms with van der Waals surface area (Å²) in [6, 6.07) is 25.6. The maximum absolute atomic E-state index is 12.7. The van der Waals surface area contributed by atoms with E-state index in [9.17, 15) is 4.79 Å². The van der Waals surface area contributed by atoms with Crippen LogP contribution in [0.2, 0.25) is 0 Å². The van der Waals surface area contributed by atoms with Gasteiger partial charge in [0.25, 0.3) is 0 Å². The highest BCUT2D eigenvalue weighted by atomic mass is 32.2. The minimum Gasteiger partial charge on any atom is -0.497 e. The zero-order valence-electron chi connectivity index (χ0n) is 17.5. The number of benzene rings is 3. The average Bonchev–Trinajstić information content (AvgIpc) is 3.20. The molecule has 6 heteroatoms. The molecular weight excluding hydrogens is 406 g/mol. The number of ketones is 1. The van der Waals surface area contributed by atoms with Crippen LogP contribution in [0.15, 0.2) is 84.0 Å². The van der Waals surface area contributed by atoms with Crippen molar-refractivity contribution in [1.29, 1.82) is 0 Å². The molecule has 0 radical (unpaired) electrons. The van der Waals surface area contributed by atoms with Crippen molar-refractivity contribution in [3.8, 4) is 17.1 Å². The Labute approximate surface area is 186 Å². The summed E-state index contributed by atoms with van der Waals surface area (Å²) in [6.07, 6.45) is 0. The number of carbonyl (C=O) groups excluding carboxylic acids is 1. The van der Waals surface area contributed by atoms with Crippen LogP contribution in [-0.4, -0.2) is 33.4 Å². The fraction of sp³-hybridized carbons (Fsp3) is 0.160. The van der Waals surface area contributed by atoms with Gasteiger partial charge < -0.3 is 4.74 Å². The maximum Gasteiger partial charge on any atom is 0.192 e. The minimum atomic E-state index is 0.0408. The van der Waals surface area contributed by atoms with Gasteiger partial charge in [0.2, 0.25) is 0 Å². The molecule has 0 atom stereocenters. The first-order valence-electron chi connectivity index (χ1n) is 9.98. The number of aromatic nitrogens is 3. The van der Waals surface area contributed by atoms with Crippen molar-refractivity contribution >= 4 is 17.5 Å². The van der Waals surface area contributed by atoms with Crippen LogP contribution in [-0.2, 0) is 6.54 Å². The molecule has 0 aliphatic heterocycles. The van der Waals surface area contributed by atoms with E-state index in [2.05, 4.69) is 46.0 Å². The molecule has 3 aromatic carbocycles. The van der Waals surface area contributed by atoms with Crippen LogP contribution in [0.3, 0.4) is 0 Å². The lowest BCUT2D eigenvalue weighted by Gasteiger charge is -2.11. The van der Waals surface area contributed by atoms with Crippen molar-refractivity contribution < 1.29 is 9.53 Å². The van der Waals surface area contributed by atoms with E-state index in [-0.39, 0.29) is 11.5 Å². The number of rotatable bonds is 8. The molecule has 1 aromatic heterocycles. The Morgan fingerprint density at radius 1 is 0.968 bits per heavy atom. The molecular formula is C25H23N3O2S. The van der Waals surface area contributed by atoms with E-state index < -0.39 is 0 Å². The molecule has 1 heterocycles. The van der Waals surface area contributed by atoms with Gasteiger partial charge in [-0.15, -0.1) is 10.2 Å². The van der Waals surface area contributed by atoms with Gasteiger partial charge >= 0.3 is 0 Å². The minimum absolute atomic E-state index is 0.0408. The Morgan fingerprint density at radius 3 is 2.45 bits per heavy atom. The molecule has 0 N–H and O–H groups in total. The molecule has 0 aliphatic rings. The number of aryl methyl sites for hydroxylation is 1. The van der Waals surface area contributed by atoms with Gasteiger partial charge in [0.05, 0.1) is 19.4 Å². The first-order chi connectivity index (χ1) is 15.1. The van der Waals surface area contributed by atoms with Crippen LogP contribution >= 0.6 is 11.8 Å². The highest BCUT2D eigenvalue weighted by Crippen LogP contribution is 2.26. The van der Waals surface area contributed by atoms with Crippen LogP contribution < -0.4 is 4.74 Å². The smallest absolute Gasteiger partial charge is 0.192 e. The first kappa shape index (κ1) is 20.9. The van der Waals surface area contributed by atoms with Crippen molar-refractivity contribution in [1.82, 2.24) is 14.8 Å². The third-order valence-corrected chi connectivity index (χ3v) is 5.89. The molecule has 4 aromatic rings. The maximum atomic E-state index is 12.7. The predicted octanol–water partition coefficient (Wildman–Crippen LogP) is 5.29. The van der Waals surface area contributed by atoms with Crippen LogP contribution in [0.5, 0.6) is 5.75 Å². The summed E-state index contributed by atoms with van der Waals surface area (Å²) in [5.74, 6) is 1.85. The van der Waals surface area contributed by atoms with Crippen molar-refractivity contribution in [2.45, 2.75) is 18.6 Å². The summed E-state index contributed by atoms with van der Waals surface area (Å²) in [6.45, 7) is 2.70. The first-order valence-corrected chi connectivity index (χ1v) is 11.0. The molecule has 5 nitrogen and oxygen atoms in total. The standard InChI is InChI=1S/C25H23N3O2S/c1-18-7-6-10-21(15-18)24-26-27-25(28(24)16-19-8-4-3-5-9-19)31-17-23(29)20-11-13-22(30-2)14-12-20/h3-15H,16-17H2,1-2H3. The van der Waals surface area contributed by atoms with Gasteiger partial charge in [-0.1, -0.05) is 65.9 Å². The third kappa shape index (κ3) is 5.03. The molecule has 31 heavy (non-hydrogen) atoms. The van der Waals surface area contributed by atoms with Gasteiger partial charge in [0.15, 0.2) is 16.8 Å². The van der Waals surface area contributed by atoms with E-state index in [1.54, 1.807) is 31.4 Å². The number of thioether (sulfide) groups is 1. The van der Waals surface area contributed by atoms with Crippen LogP contribution in [0.25, 0.3) is 11.4 Å². The Hall–Kier alpha value is -3.38. The van der Waals surface area contributed by atoms with Crippen molar-refractivity contribution in [2.24, 2.45) is 0 Å². The summed E-state index contributed by atoms with van der Waals surface area (Å²) in [5.41, 5.74) is 3.98. The van der Waals surface area contributed by atoms with Crippen LogP contribution in [0.1, 0.15) is 21.5 Å². The number of hydrogen-bond donors (Lipinski definition) is 0. The molecule has 4 rings (SSSR count). The summed E-state index contributed by atoms with van der Waals surface area (Å²) in [5, 5.41) is 9.60. The molecule has 0 spiro atoms. The Bertz CT molecular complexity index is 1170. The Kier molecular flexibility index (Phi) is 6.48. The monoisotopic (exact) mass is 429 g/mol. The molecule has 0 saturated carbocycles. The zero-order valence-corrected chi connectivity index (χ0v) is 18.3. The van der Waals surface area contributed by atoms with Gasteiger partial charge in [0, 0.05) is 11.1 Å². The summed E-state index contributed by atoms with van der Waals surface area (Å²) < 4.78 is 7.25. The number of hydrogen-bond acceptors (Lipinski definition) is 5. The molecule has 0 saturated heterocycles. The molecule has 156 valence electrons. The third-order valence-electron chi connectivity index (χ3n) is 4.92. The van der Waals surface area contributed by atoms with Gasteiger partial charge in [0.1, 0.15) is 5.75 Å². The summed E-state index contributed by atoms with van der Waals surface area (Å²) >= 11 is 1.41. The van der Waals surface area contributed by atoms with E-state index in [1.807, 2.05) is 30.3 Å². The lowest BCUT2D eigenvalue weighted by atomic mass is 10.1. The van der Waals surface area contributed by atoms with E-state index in [1.165, 1.54) is 11.8 Å². The number of methoxy groups -OCH3 is 1. The van der Waals surface area contributed by atoms with Crippen LogP contribution in [0, 0.1) is 6.92 Å². The van der Waals surface area contributed by atoms with Gasteiger partial charge in [-0.05, 0) is 42.8 Å².